The first-order valence-electron chi connectivity index (χ1n) is 6.12. The Morgan fingerprint density at radius 3 is 3.18 bits per heavy atom. The molecule has 1 fully saturated rings. The Hall–Kier alpha value is -0.190. The fourth-order valence-electron chi connectivity index (χ4n) is 2.03. The van der Waals surface area contributed by atoms with E-state index in [4.69, 9.17) is 16.3 Å². The molecule has 1 aliphatic heterocycles. The molecule has 1 aromatic heterocycles. The van der Waals surface area contributed by atoms with E-state index >= 15 is 0 Å². The average Bonchev–Trinajstić information content (AvgIpc) is 2.95. The largest absolute Gasteiger partial charge is 0.378 e. The maximum atomic E-state index is 5.81. The molecule has 1 atom stereocenters. The fraction of sp³-hybridized carbons (Fsp3) is 0.750. The van der Waals surface area contributed by atoms with Gasteiger partial charge in [-0.2, -0.15) is 0 Å². The molecular formula is C12H19ClN2OS. The highest BCUT2D eigenvalue weighted by molar-refractivity contribution is 7.99. The molecule has 2 rings (SSSR count). The van der Waals surface area contributed by atoms with Crippen LogP contribution in [-0.4, -0.2) is 28.0 Å². The summed E-state index contributed by atoms with van der Waals surface area (Å²) >= 11 is 7.61. The Morgan fingerprint density at radius 1 is 1.65 bits per heavy atom. The zero-order valence-corrected chi connectivity index (χ0v) is 11.8. The number of rotatable bonds is 6. The number of hydrogen-bond donors (Lipinski definition) is 0. The minimum Gasteiger partial charge on any atom is -0.378 e. The van der Waals surface area contributed by atoms with Crippen molar-refractivity contribution in [1.29, 1.82) is 0 Å². The van der Waals surface area contributed by atoms with Gasteiger partial charge < -0.3 is 9.30 Å². The van der Waals surface area contributed by atoms with Crippen molar-refractivity contribution in [3.63, 3.8) is 0 Å². The molecular weight excluding hydrogens is 256 g/mol. The third kappa shape index (κ3) is 3.63. The summed E-state index contributed by atoms with van der Waals surface area (Å²) in [4.78, 5) is 4.37. The number of nitrogens with zero attached hydrogens (tertiary/aromatic N) is 2. The highest BCUT2D eigenvalue weighted by Crippen LogP contribution is 2.22. The molecule has 0 aromatic carbocycles. The molecule has 1 aliphatic rings. The van der Waals surface area contributed by atoms with Crippen LogP contribution in [0, 0.1) is 0 Å². The number of ether oxygens (including phenoxy) is 1. The van der Waals surface area contributed by atoms with E-state index in [9.17, 15) is 0 Å². The second-order valence-electron chi connectivity index (χ2n) is 4.35. The third-order valence-electron chi connectivity index (χ3n) is 3.10. The van der Waals surface area contributed by atoms with Crippen molar-refractivity contribution < 1.29 is 4.74 Å². The molecule has 0 aliphatic carbocycles. The van der Waals surface area contributed by atoms with Crippen LogP contribution in [0.15, 0.2) is 11.4 Å². The highest BCUT2D eigenvalue weighted by Gasteiger charge is 2.14. The lowest BCUT2D eigenvalue weighted by atomic mass is 10.1. The monoisotopic (exact) mass is 274 g/mol. The topological polar surface area (TPSA) is 27.1 Å². The van der Waals surface area contributed by atoms with Gasteiger partial charge >= 0.3 is 0 Å². The molecule has 0 saturated carbocycles. The zero-order valence-electron chi connectivity index (χ0n) is 10.2. The van der Waals surface area contributed by atoms with Crippen LogP contribution in [0.2, 0.25) is 0 Å². The van der Waals surface area contributed by atoms with Gasteiger partial charge in [-0.25, -0.2) is 4.98 Å². The number of aromatic nitrogens is 2. The van der Waals surface area contributed by atoms with Gasteiger partial charge in [-0.05, 0) is 25.7 Å². The highest BCUT2D eigenvalue weighted by atomic mass is 35.5. The molecule has 0 N–H and O–H groups in total. The summed E-state index contributed by atoms with van der Waals surface area (Å²) in [6.45, 7) is 0.955. The van der Waals surface area contributed by atoms with E-state index in [2.05, 4.69) is 9.55 Å². The van der Waals surface area contributed by atoms with Gasteiger partial charge in [0.1, 0.15) is 0 Å². The van der Waals surface area contributed by atoms with Crippen molar-refractivity contribution in [1.82, 2.24) is 9.55 Å². The average molecular weight is 275 g/mol. The summed E-state index contributed by atoms with van der Waals surface area (Å²) < 4.78 is 7.68. The summed E-state index contributed by atoms with van der Waals surface area (Å²) in [6, 6.07) is 0. The molecule has 0 spiro atoms. The summed E-state index contributed by atoms with van der Waals surface area (Å²) in [7, 11) is 2.02. The van der Waals surface area contributed by atoms with Gasteiger partial charge in [-0.1, -0.05) is 11.8 Å². The predicted molar refractivity (Wildman–Crippen MR) is 71.7 cm³/mol. The van der Waals surface area contributed by atoms with Crippen molar-refractivity contribution >= 4 is 23.4 Å². The van der Waals surface area contributed by atoms with Crippen molar-refractivity contribution in [2.24, 2.45) is 7.05 Å². The molecule has 1 unspecified atom stereocenters. The van der Waals surface area contributed by atoms with Crippen LogP contribution in [0.4, 0.5) is 0 Å². The van der Waals surface area contributed by atoms with Crippen LogP contribution < -0.4 is 0 Å². The minimum absolute atomic E-state index is 0.510. The first kappa shape index (κ1) is 13.2. The van der Waals surface area contributed by atoms with Crippen LogP contribution in [0.1, 0.15) is 31.4 Å². The molecule has 0 amide bonds. The van der Waals surface area contributed by atoms with Gasteiger partial charge in [-0.3, -0.25) is 0 Å². The molecule has 2 heterocycles. The second kappa shape index (κ2) is 6.66. The van der Waals surface area contributed by atoms with Crippen molar-refractivity contribution in [3.8, 4) is 0 Å². The third-order valence-corrected chi connectivity index (χ3v) is 4.51. The normalized spacial score (nSPS) is 20.0. The summed E-state index contributed by atoms with van der Waals surface area (Å²) in [5.74, 6) is 1.63. The van der Waals surface area contributed by atoms with Crippen LogP contribution in [0.3, 0.4) is 0 Å². The lowest BCUT2D eigenvalue weighted by Crippen LogP contribution is -2.04. The van der Waals surface area contributed by atoms with Gasteiger partial charge in [-0.15, -0.1) is 11.6 Å². The molecule has 1 aromatic rings. The maximum absolute atomic E-state index is 5.81. The Labute approximate surface area is 112 Å². The Balaban J connectivity index is 1.68. The molecule has 3 nitrogen and oxygen atoms in total. The van der Waals surface area contributed by atoms with E-state index in [1.165, 1.54) is 25.7 Å². The smallest absolute Gasteiger partial charge is 0.167 e. The van der Waals surface area contributed by atoms with E-state index in [1.54, 1.807) is 11.8 Å². The maximum Gasteiger partial charge on any atom is 0.167 e. The van der Waals surface area contributed by atoms with Crippen molar-refractivity contribution in [2.75, 3.05) is 12.4 Å². The van der Waals surface area contributed by atoms with Gasteiger partial charge in [0.05, 0.1) is 23.9 Å². The second-order valence-corrected chi connectivity index (χ2v) is 5.68. The van der Waals surface area contributed by atoms with Crippen LogP contribution in [0.5, 0.6) is 0 Å². The van der Waals surface area contributed by atoms with E-state index in [1.807, 2.05) is 13.2 Å². The number of imidazole rings is 1. The number of hydrogen-bond acceptors (Lipinski definition) is 3. The van der Waals surface area contributed by atoms with E-state index < -0.39 is 0 Å². The predicted octanol–water partition coefficient (Wildman–Crippen LogP) is 3.21. The fourth-order valence-corrected chi connectivity index (χ4v) is 3.21. The first-order chi connectivity index (χ1) is 8.31. The molecule has 0 bridgehead atoms. The van der Waals surface area contributed by atoms with E-state index in [0.717, 1.165) is 23.2 Å². The Bertz CT molecular complexity index is 350. The Kier molecular flexibility index (Phi) is 5.19. The zero-order chi connectivity index (χ0) is 12.1. The summed E-state index contributed by atoms with van der Waals surface area (Å²) in [5, 5.41) is 1.06. The van der Waals surface area contributed by atoms with Gasteiger partial charge in [0.15, 0.2) is 5.16 Å². The lowest BCUT2D eigenvalue weighted by Gasteiger charge is -2.08. The van der Waals surface area contributed by atoms with Gasteiger partial charge in [0.25, 0.3) is 0 Å². The first-order valence-corrected chi connectivity index (χ1v) is 7.64. The number of thioether (sulfide) groups is 1. The quantitative estimate of drug-likeness (QED) is 0.453. The summed E-state index contributed by atoms with van der Waals surface area (Å²) in [5.41, 5.74) is 1.08. The molecule has 96 valence electrons. The lowest BCUT2D eigenvalue weighted by molar-refractivity contribution is 0.104. The van der Waals surface area contributed by atoms with Crippen molar-refractivity contribution in [3.05, 3.63) is 11.9 Å². The number of alkyl halides is 1. The SMILES string of the molecule is Cn1c(CCl)cnc1SCCCC1CCCO1. The van der Waals surface area contributed by atoms with Gasteiger partial charge in [0.2, 0.25) is 0 Å². The molecule has 17 heavy (non-hydrogen) atoms. The van der Waals surface area contributed by atoms with Crippen LogP contribution in [0.25, 0.3) is 0 Å². The molecule has 0 radical (unpaired) electrons. The van der Waals surface area contributed by atoms with E-state index in [-0.39, 0.29) is 0 Å². The molecule has 1 saturated heterocycles. The standard InChI is InChI=1S/C12H19ClN2OS/c1-15-10(8-13)9-14-12(15)17-7-3-5-11-4-2-6-16-11/h9,11H,2-8H2,1H3. The van der Waals surface area contributed by atoms with E-state index in [0.29, 0.717) is 12.0 Å². The minimum atomic E-state index is 0.510. The van der Waals surface area contributed by atoms with Crippen LogP contribution >= 0.6 is 23.4 Å². The summed E-state index contributed by atoms with van der Waals surface area (Å²) in [6.07, 6.45) is 7.21. The molecule has 5 heteroatoms. The van der Waals surface area contributed by atoms with Crippen LogP contribution in [-0.2, 0) is 17.7 Å². The van der Waals surface area contributed by atoms with Gasteiger partial charge in [0, 0.05) is 19.4 Å². The van der Waals surface area contributed by atoms with Crippen molar-refractivity contribution in [2.45, 2.75) is 42.8 Å². The Morgan fingerprint density at radius 2 is 2.53 bits per heavy atom. The number of halogens is 1.